The first-order valence-corrected chi connectivity index (χ1v) is 6.50. The summed E-state index contributed by atoms with van der Waals surface area (Å²) in [6.07, 6.45) is 3.82. The Morgan fingerprint density at radius 1 is 1.25 bits per heavy atom. The van der Waals surface area contributed by atoms with E-state index in [1.807, 2.05) is 6.92 Å². The number of carboxylic acid groups (broad SMARTS) is 1. The van der Waals surface area contributed by atoms with Crippen molar-refractivity contribution in [3.05, 3.63) is 35.9 Å². The van der Waals surface area contributed by atoms with Gasteiger partial charge in [-0.3, -0.25) is 4.79 Å². The van der Waals surface area contributed by atoms with E-state index in [4.69, 9.17) is 9.84 Å². The minimum absolute atomic E-state index is 0.102. The highest BCUT2D eigenvalue weighted by molar-refractivity contribution is 5.91. The summed E-state index contributed by atoms with van der Waals surface area (Å²) in [6, 6.07) is 6.93. The zero-order valence-electron chi connectivity index (χ0n) is 11.5. The summed E-state index contributed by atoms with van der Waals surface area (Å²) in [6.45, 7) is 3.09. The second-order valence-electron chi connectivity index (χ2n) is 4.20. The Bertz CT molecular complexity index is 465. The van der Waals surface area contributed by atoms with Gasteiger partial charge in [0.2, 0.25) is 5.91 Å². The van der Waals surface area contributed by atoms with Crippen LogP contribution in [0, 0.1) is 0 Å². The molecule has 0 spiro atoms. The molecule has 0 aliphatic heterocycles. The standard InChI is InChI=1S/C15H19NO4/c1-2-10-20-11-9-14(17)16-13-6-3-12(4-7-13)5-8-15(18)19/h3-8H,2,9-11H2,1H3,(H,16,17)(H,18,19). The summed E-state index contributed by atoms with van der Waals surface area (Å²) < 4.78 is 5.24. The third kappa shape index (κ3) is 6.70. The number of anilines is 1. The number of rotatable bonds is 8. The molecule has 0 bridgehead atoms. The number of ether oxygens (including phenoxy) is 1. The van der Waals surface area contributed by atoms with Crippen LogP contribution in [0.5, 0.6) is 0 Å². The Kier molecular flexibility index (Phi) is 7.06. The van der Waals surface area contributed by atoms with Gasteiger partial charge in [0.1, 0.15) is 0 Å². The molecule has 0 atom stereocenters. The number of amides is 1. The van der Waals surface area contributed by atoms with Crippen LogP contribution in [0.1, 0.15) is 25.3 Å². The molecule has 0 aliphatic carbocycles. The van der Waals surface area contributed by atoms with Crippen molar-refractivity contribution in [1.29, 1.82) is 0 Å². The first kappa shape index (κ1) is 15.9. The second-order valence-corrected chi connectivity index (χ2v) is 4.20. The van der Waals surface area contributed by atoms with E-state index in [0.29, 0.717) is 25.3 Å². The van der Waals surface area contributed by atoms with Crippen LogP contribution >= 0.6 is 0 Å². The maximum atomic E-state index is 11.6. The van der Waals surface area contributed by atoms with Gasteiger partial charge >= 0.3 is 5.97 Å². The molecule has 0 saturated heterocycles. The fourth-order valence-corrected chi connectivity index (χ4v) is 1.48. The molecule has 0 saturated carbocycles. The van der Waals surface area contributed by atoms with Gasteiger partial charge in [0.25, 0.3) is 0 Å². The van der Waals surface area contributed by atoms with Crippen molar-refractivity contribution in [1.82, 2.24) is 0 Å². The number of benzene rings is 1. The largest absolute Gasteiger partial charge is 0.478 e. The highest BCUT2D eigenvalue weighted by Crippen LogP contribution is 2.11. The summed E-state index contributed by atoms with van der Waals surface area (Å²) in [4.78, 5) is 22.0. The highest BCUT2D eigenvalue weighted by atomic mass is 16.5. The summed E-state index contributed by atoms with van der Waals surface area (Å²) in [5.41, 5.74) is 1.44. The molecule has 0 unspecified atom stereocenters. The molecule has 0 fully saturated rings. The molecule has 1 aromatic rings. The minimum Gasteiger partial charge on any atom is -0.478 e. The summed E-state index contributed by atoms with van der Waals surface area (Å²) in [5.74, 6) is -1.09. The molecule has 5 heteroatoms. The third-order valence-electron chi connectivity index (χ3n) is 2.43. The van der Waals surface area contributed by atoms with Crippen molar-refractivity contribution in [3.8, 4) is 0 Å². The molecule has 1 amide bonds. The molecule has 0 aromatic heterocycles. The average Bonchev–Trinajstić information content (AvgIpc) is 2.43. The highest BCUT2D eigenvalue weighted by Gasteiger charge is 2.02. The number of carboxylic acids is 1. The summed E-state index contributed by atoms with van der Waals surface area (Å²) >= 11 is 0. The lowest BCUT2D eigenvalue weighted by Crippen LogP contribution is -2.14. The van der Waals surface area contributed by atoms with E-state index >= 15 is 0 Å². The molecule has 0 heterocycles. The molecule has 1 rings (SSSR count). The Balaban J connectivity index is 2.41. The number of nitrogens with one attached hydrogen (secondary N) is 1. The number of carbonyl (C=O) groups is 2. The fourth-order valence-electron chi connectivity index (χ4n) is 1.48. The Hall–Kier alpha value is -2.14. The van der Waals surface area contributed by atoms with Crippen LogP contribution in [0.3, 0.4) is 0 Å². The van der Waals surface area contributed by atoms with E-state index in [1.165, 1.54) is 6.08 Å². The Labute approximate surface area is 118 Å². The molecule has 0 radical (unpaired) electrons. The zero-order valence-corrected chi connectivity index (χ0v) is 11.5. The predicted molar refractivity (Wildman–Crippen MR) is 77.5 cm³/mol. The van der Waals surface area contributed by atoms with Crippen LogP contribution in [-0.4, -0.2) is 30.2 Å². The van der Waals surface area contributed by atoms with Gasteiger partial charge in [-0.1, -0.05) is 19.1 Å². The number of carbonyl (C=O) groups excluding carboxylic acids is 1. The molecular weight excluding hydrogens is 258 g/mol. The second kappa shape index (κ2) is 8.87. The Morgan fingerprint density at radius 3 is 2.55 bits per heavy atom. The number of aliphatic carboxylic acids is 1. The van der Waals surface area contributed by atoms with Gasteiger partial charge in [0.05, 0.1) is 13.0 Å². The molecule has 2 N–H and O–H groups in total. The maximum absolute atomic E-state index is 11.6. The molecule has 0 aliphatic rings. The van der Waals surface area contributed by atoms with Gasteiger partial charge in [0, 0.05) is 18.4 Å². The van der Waals surface area contributed by atoms with Crippen LogP contribution in [0.4, 0.5) is 5.69 Å². The normalized spacial score (nSPS) is 10.7. The first-order valence-electron chi connectivity index (χ1n) is 6.50. The van der Waals surface area contributed by atoms with Crippen LogP contribution in [0.2, 0.25) is 0 Å². The molecule has 1 aromatic carbocycles. The molecular formula is C15H19NO4. The van der Waals surface area contributed by atoms with Crippen LogP contribution in [0.15, 0.2) is 30.3 Å². The van der Waals surface area contributed by atoms with Crippen molar-refractivity contribution in [2.45, 2.75) is 19.8 Å². The lowest BCUT2D eigenvalue weighted by Gasteiger charge is -2.06. The van der Waals surface area contributed by atoms with E-state index < -0.39 is 5.97 Å². The van der Waals surface area contributed by atoms with Gasteiger partial charge in [-0.25, -0.2) is 4.79 Å². The minimum atomic E-state index is -0.991. The molecule has 5 nitrogen and oxygen atoms in total. The van der Waals surface area contributed by atoms with Crippen molar-refractivity contribution >= 4 is 23.6 Å². The first-order chi connectivity index (χ1) is 9.61. The quantitative estimate of drug-likeness (QED) is 0.565. The van der Waals surface area contributed by atoms with E-state index in [2.05, 4.69) is 5.32 Å². The van der Waals surface area contributed by atoms with Crippen molar-refractivity contribution in [3.63, 3.8) is 0 Å². The zero-order chi connectivity index (χ0) is 14.8. The van der Waals surface area contributed by atoms with E-state index in [1.54, 1.807) is 24.3 Å². The monoisotopic (exact) mass is 277 g/mol. The summed E-state index contributed by atoms with van der Waals surface area (Å²) in [5, 5.41) is 11.3. The van der Waals surface area contributed by atoms with Crippen LogP contribution in [-0.2, 0) is 14.3 Å². The van der Waals surface area contributed by atoms with Crippen molar-refractivity contribution in [2.24, 2.45) is 0 Å². The van der Waals surface area contributed by atoms with Gasteiger partial charge in [0.15, 0.2) is 0 Å². The molecule has 108 valence electrons. The van der Waals surface area contributed by atoms with E-state index in [9.17, 15) is 9.59 Å². The number of hydrogen-bond acceptors (Lipinski definition) is 3. The number of hydrogen-bond donors (Lipinski definition) is 2. The van der Waals surface area contributed by atoms with Gasteiger partial charge < -0.3 is 15.2 Å². The van der Waals surface area contributed by atoms with E-state index in [0.717, 1.165) is 18.1 Å². The third-order valence-corrected chi connectivity index (χ3v) is 2.43. The van der Waals surface area contributed by atoms with Gasteiger partial charge in [-0.05, 0) is 30.2 Å². The SMILES string of the molecule is CCCOCCC(=O)Nc1ccc(C=CC(=O)O)cc1. The Morgan fingerprint density at radius 2 is 1.95 bits per heavy atom. The maximum Gasteiger partial charge on any atom is 0.328 e. The lowest BCUT2D eigenvalue weighted by molar-refractivity contribution is -0.131. The van der Waals surface area contributed by atoms with Crippen LogP contribution in [0.25, 0.3) is 6.08 Å². The summed E-state index contributed by atoms with van der Waals surface area (Å²) in [7, 11) is 0. The van der Waals surface area contributed by atoms with Gasteiger partial charge in [-0.2, -0.15) is 0 Å². The van der Waals surface area contributed by atoms with Crippen LogP contribution < -0.4 is 5.32 Å². The smallest absolute Gasteiger partial charge is 0.328 e. The fraction of sp³-hybridized carbons (Fsp3) is 0.333. The van der Waals surface area contributed by atoms with E-state index in [-0.39, 0.29) is 5.91 Å². The van der Waals surface area contributed by atoms with Crippen molar-refractivity contribution < 1.29 is 19.4 Å². The molecule has 20 heavy (non-hydrogen) atoms. The lowest BCUT2D eigenvalue weighted by atomic mass is 10.2. The average molecular weight is 277 g/mol. The van der Waals surface area contributed by atoms with Gasteiger partial charge in [-0.15, -0.1) is 0 Å². The van der Waals surface area contributed by atoms with Crippen molar-refractivity contribution in [2.75, 3.05) is 18.5 Å². The topological polar surface area (TPSA) is 75.6 Å². The predicted octanol–water partition coefficient (Wildman–Crippen LogP) is 2.54.